The highest BCUT2D eigenvalue weighted by atomic mass is 35.5. The van der Waals surface area contributed by atoms with Gasteiger partial charge in [0.1, 0.15) is 5.82 Å². The van der Waals surface area contributed by atoms with Crippen molar-refractivity contribution in [1.29, 1.82) is 0 Å². The van der Waals surface area contributed by atoms with Crippen molar-refractivity contribution in [3.8, 4) is 0 Å². The summed E-state index contributed by atoms with van der Waals surface area (Å²) in [6, 6.07) is 13.7. The molecule has 0 spiro atoms. The van der Waals surface area contributed by atoms with E-state index in [1.807, 2.05) is 42.5 Å². The highest BCUT2D eigenvalue weighted by Gasteiger charge is 2.07. The summed E-state index contributed by atoms with van der Waals surface area (Å²) in [6.45, 7) is 2.78. The second-order valence-corrected chi connectivity index (χ2v) is 5.87. The van der Waals surface area contributed by atoms with Gasteiger partial charge in [0.2, 0.25) is 0 Å². The second kappa shape index (κ2) is 6.06. The number of nitrogens with one attached hydrogen (secondary N) is 2. The van der Waals surface area contributed by atoms with Crippen LogP contribution in [0.1, 0.15) is 24.4 Å². The number of fused-ring (bicyclic) bond motifs is 1. The Morgan fingerprint density at radius 2 is 1.81 bits per heavy atom. The number of H-pyrrole nitrogens is 1. The molecule has 5 heteroatoms. The molecule has 0 radical (unpaired) electrons. The minimum atomic E-state index is 0.221. The molecule has 2 N–H and O–H groups in total. The van der Waals surface area contributed by atoms with Gasteiger partial charge in [-0.25, -0.2) is 4.98 Å². The summed E-state index contributed by atoms with van der Waals surface area (Å²) < 4.78 is 0. The number of imidazole rings is 1. The second-order valence-electron chi connectivity index (χ2n) is 5.00. The number of aromatic amines is 1. The van der Waals surface area contributed by atoms with Gasteiger partial charge in [0.15, 0.2) is 0 Å². The highest BCUT2D eigenvalue weighted by Crippen LogP contribution is 2.19. The molecule has 0 unspecified atom stereocenters. The molecule has 3 aromatic rings. The van der Waals surface area contributed by atoms with Gasteiger partial charge in [-0.05, 0) is 42.8 Å². The summed E-state index contributed by atoms with van der Waals surface area (Å²) in [5, 5.41) is 4.90. The van der Waals surface area contributed by atoms with Gasteiger partial charge in [0.25, 0.3) is 0 Å². The van der Waals surface area contributed by atoms with Crippen molar-refractivity contribution in [2.45, 2.75) is 19.5 Å². The van der Waals surface area contributed by atoms with Crippen LogP contribution < -0.4 is 5.32 Å². The van der Waals surface area contributed by atoms with E-state index < -0.39 is 0 Å². The van der Waals surface area contributed by atoms with Crippen molar-refractivity contribution >= 4 is 34.2 Å². The van der Waals surface area contributed by atoms with Crippen LogP contribution in [0.15, 0.2) is 42.5 Å². The Balaban J connectivity index is 1.69. The van der Waals surface area contributed by atoms with Gasteiger partial charge in [-0.1, -0.05) is 35.3 Å². The van der Waals surface area contributed by atoms with Crippen LogP contribution in [0.5, 0.6) is 0 Å². The lowest BCUT2D eigenvalue weighted by atomic mass is 10.1. The van der Waals surface area contributed by atoms with E-state index in [9.17, 15) is 0 Å². The van der Waals surface area contributed by atoms with Crippen molar-refractivity contribution in [2.75, 3.05) is 0 Å². The Kier molecular flexibility index (Phi) is 4.15. The van der Waals surface area contributed by atoms with E-state index in [2.05, 4.69) is 22.2 Å². The van der Waals surface area contributed by atoms with Crippen LogP contribution in [0.2, 0.25) is 10.0 Å². The van der Waals surface area contributed by atoms with Crippen molar-refractivity contribution < 1.29 is 0 Å². The van der Waals surface area contributed by atoms with Crippen LogP contribution in [0.25, 0.3) is 11.0 Å². The molecule has 1 atom stereocenters. The number of benzene rings is 2. The topological polar surface area (TPSA) is 40.7 Å². The number of hydrogen-bond acceptors (Lipinski definition) is 2. The van der Waals surface area contributed by atoms with Gasteiger partial charge in [-0.15, -0.1) is 0 Å². The number of aromatic nitrogens is 2. The van der Waals surface area contributed by atoms with Crippen molar-refractivity contribution in [3.63, 3.8) is 0 Å². The quantitative estimate of drug-likeness (QED) is 0.730. The van der Waals surface area contributed by atoms with Crippen molar-refractivity contribution in [3.05, 3.63) is 63.9 Å². The number of hydrogen-bond donors (Lipinski definition) is 2. The predicted octanol–water partition coefficient (Wildman–Crippen LogP) is 4.72. The van der Waals surface area contributed by atoms with Gasteiger partial charge < -0.3 is 10.3 Å². The molecule has 0 saturated carbocycles. The number of rotatable bonds is 4. The van der Waals surface area contributed by atoms with E-state index in [1.54, 1.807) is 0 Å². The predicted molar refractivity (Wildman–Crippen MR) is 87.8 cm³/mol. The zero-order chi connectivity index (χ0) is 14.8. The van der Waals surface area contributed by atoms with Gasteiger partial charge in [0.05, 0.1) is 17.6 Å². The lowest BCUT2D eigenvalue weighted by Gasteiger charge is -2.13. The fraction of sp³-hybridized carbons (Fsp3) is 0.188. The van der Waals surface area contributed by atoms with Crippen LogP contribution in [0.3, 0.4) is 0 Å². The summed E-state index contributed by atoms with van der Waals surface area (Å²) in [5.74, 6) is 0.896. The molecule has 108 valence electrons. The monoisotopic (exact) mass is 319 g/mol. The van der Waals surface area contributed by atoms with Crippen LogP contribution in [0.4, 0.5) is 0 Å². The molecule has 0 fully saturated rings. The maximum absolute atomic E-state index is 5.97. The standard InChI is InChI=1S/C16H15Cl2N3/c1-10(11-2-4-12(17)5-3-11)19-9-16-20-14-7-6-13(18)8-15(14)21-16/h2-8,10,19H,9H2,1H3,(H,20,21)/t10-/m0/s1. The summed E-state index contributed by atoms with van der Waals surface area (Å²) in [7, 11) is 0. The average molecular weight is 320 g/mol. The molecule has 21 heavy (non-hydrogen) atoms. The summed E-state index contributed by atoms with van der Waals surface area (Å²) in [4.78, 5) is 7.81. The zero-order valence-electron chi connectivity index (χ0n) is 11.5. The van der Waals surface area contributed by atoms with Crippen LogP contribution in [-0.4, -0.2) is 9.97 Å². The third-order valence-corrected chi connectivity index (χ3v) is 3.93. The smallest absolute Gasteiger partial charge is 0.121 e. The van der Waals surface area contributed by atoms with E-state index >= 15 is 0 Å². The fourth-order valence-electron chi connectivity index (χ4n) is 2.24. The number of nitrogens with zero attached hydrogens (tertiary/aromatic N) is 1. The van der Waals surface area contributed by atoms with Crippen LogP contribution in [-0.2, 0) is 6.54 Å². The fourth-order valence-corrected chi connectivity index (χ4v) is 2.54. The molecule has 3 nitrogen and oxygen atoms in total. The van der Waals surface area contributed by atoms with Gasteiger partial charge in [-0.2, -0.15) is 0 Å². The first-order valence-corrected chi connectivity index (χ1v) is 7.50. The molecule has 2 aromatic carbocycles. The third kappa shape index (κ3) is 3.38. The molecule has 0 aliphatic heterocycles. The third-order valence-electron chi connectivity index (χ3n) is 3.44. The molecule has 0 aliphatic rings. The lowest BCUT2D eigenvalue weighted by molar-refractivity contribution is 0.563. The van der Waals surface area contributed by atoms with Crippen LogP contribution in [0, 0.1) is 0 Å². The molecular formula is C16H15Cl2N3. The first kappa shape index (κ1) is 14.4. The number of halogens is 2. The Morgan fingerprint density at radius 1 is 1.10 bits per heavy atom. The minimum absolute atomic E-state index is 0.221. The van der Waals surface area contributed by atoms with E-state index in [4.69, 9.17) is 23.2 Å². The average Bonchev–Trinajstić information content (AvgIpc) is 2.87. The van der Waals surface area contributed by atoms with Crippen LogP contribution >= 0.6 is 23.2 Å². The molecule has 0 amide bonds. The maximum Gasteiger partial charge on any atom is 0.121 e. The van der Waals surface area contributed by atoms with Gasteiger partial charge in [-0.3, -0.25) is 0 Å². The SMILES string of the molecule is C[C@H](NCc1nc2ccc(Cl)cc2[nH]1)c1ccc(Cl)cc1. The Hall–Kier alpha value is -1.55. The van der Waals surface area contributed by atoms with E-state index in [1.165, 1.54) is 5.56 Å². The first-order chi connectivity index (χ1) is 10.1. The Morgan fingerprint density at radius 3 is 2.57 bits per heavy atom. The van der Waals surface area contributed by atoms with Crippen molar-refractivity contribution in [2.24, 2.45) is 0 Å². The molecule has 1 heterocycles. The molecule has 0 saturated heterocycles. The van der Waals surface area contributed by atoms with E-state index in [0.29, 0.717) is 11.6 Å². The van der Waals surface area contributed by atoms with Gasteiger partial charge >= 0.3 is 0 Å². The van der Waals surface area contributed by atoms with Crippen molar-refractivity contribution in [1.82, 2.24) is 15.3 Å². The summed E-state index contributed by atoms with van der Waals surface area (Å²) in [6.07, 6.45) is 0. The summed E-state index contributed by atoms with van der Waals surface area (Å²) >= 11 is 11.9. The maximum atomic E-state index is 5.97. The molecule has 0 aliphatic carbocycles. The molecule has 1 aromatic heterocycles. The largest absolute Gasteiger partial charge is 0.341 e. The molecule has 0 bridgehead atoms. The zero-order valence-corrected chi connectivity index (χ0v) is 13.0. The normalized spacial score (nSPS) is 12.7. The minimum Gasteiger partial charge on any atom is -0.341 e. The van der Waals surface area contributed by atoms with E-state index in [-0.39, 0.29) is 6.04 Å². The highest BCUT2D eigenvalue weighted by molar-refractivity contribution is 6.31. The van der Waals surface area contributed by atoms with E-state index in [0.717, 1.165) is 21.9 Å². The molecular weight excluding hydrogens is 305 g/mol. The first-order valence-electron chi connectivity index (χ1n) is 6.75. The summed E-state index contributed by atoms with van der Waals surface area (Å²) in [5.41, 5.74) is 3.08. The lowest BCUT2D eigenvalue weighted by Crippen LogP contribution is -2.18. The molecule has 3 rings (SSSR count). The van der Waals surface area contributed by atoms with Gasteiger partial charge in [0, 0.05) is 16.1 Å². The Bertz CT molecular complexity index is 750. The Labute approximate surface area is 133 Å².